The van der Waals surface area contributed by atoms with Crippen LogP contribution in [0.3, 0.4) is 0 Å². The normalized spacial score (nSPS) is 13.5. The summed E-state index contributed by atoms with van der Waals surface area (Å²) in [5, 5.41) is 3.42. The summed E-state index contributed by atoms with van der Waals surface area (Å²) >= 11 is 16.9. The highest BCUT2D eigenvalue weighted by Gasteiger charge is 2.30. The third-order valence-corrected chi connectivity index (χ3v) is 2.10. The van der Waals surface area contributed by atoms with E-state index in [2.05, 4.69) is 10.0 Å². The van der Waals surface area contributed by atoms with Crippen LogP contribution in [0, 0.1) is 0 Å². The minimum absolute atomic E-state index is 0.692. The number of hydrogen-bond donors (Lipinski definition) is 0. The smallest absolute Gasteiger partial charge is 0.201 e. The predicted molar refractivity (Wildman–Crippen MR) is 54.2 cm³/mol. The molecule has 0 aliphatic carbocycles. The molecular formula is C7H5Cl3N3-. The molecule has 1 unspecified atom stereocenters. The van der Waals surface area contributed by atoms with Gasteiger partial charge < -0.3 is 0 Å². The molecule has 1 aromatic rings. The fourth-order valence-electron chi connectivity index (χ4n) is 0.944. The third kappa shape index (κ3) is 2.75. The minimum Gasteiger partial charge on any atom is -0.213 e. The van der Waals surface area contributed by atoms with Gasteiger partial charge >= 0.3 is 0 Å². The molecule has 0 fully saturated rings. The standard InChI is InChI=1S/C7H5Cl3N3/c8-7(9,10)6(12-13-11)5-3-1-2-4-5/h1-4,6H/q-1. The molecule has 0 bridgehead atoms. The molecule has 3 nitrogen and oxygen atoms in total. The van der Waals surface area contributed by atoms with Gasteiger partial charge in [-0.25, -0.2) is 12.1 Å². The first-order valence-corrected chi connectivity index (χ1v) is 4.51. The lowest BCUT2D eigenvalue weighted by Gasteiger charge is -2.21. The van der Waals surface area contributed by atoms with Crippen molar-refractivity contribution in [2.24, 2.45) is 5.11 Å². The van der Waals surface area contributed by atoms with Crippen molar-refractivity contribution >= 4 is 34.8 Å². The van der Waals surface area contributed by atoms with Gasteiger partial charge in [0.2, 0.25) is 3.79 Å². The van der Waals surface area contributed by atoms with Crippen LogP contribution in [0.5, 0.6) is 0 Å². The molecule has 0 saturated carbocycles. The van der Waals surface area contributed by atoms with Crippen LogP contribution in [0.25, 0.3) is 10.4 Å². The number of hydrogen-bond acceptors (Lipinski definition) is 1. The molecule has 0 aliphatic rings. The molecule has 1 rings (SSSR count). The molecule has 0 radical (unpaired) electrons. The van der Waals surface area contributed by atoms with Gasteiger partial charge in [0.05, 0.1) is 6.04 Å². The van der Waals surface area contributed by atoms with Gasteiger partial charge in [-0.3, -0.25) is 0 Å². The molecule has 0 spiro atoms. The number of rotatable bonds is 2. The number of halogens is 3. The van der Waals surface area contributed by atoms with E-state index in [9.17, 15) is 0 Å². The fraction of sp³-hybridized carbons (Fsp3) is 0.286. The van der Waals surface area contributed by atoms with E-state index < -0.39 is 9.83 Å². The van der Waals surface area contributed by atoms with Gasteiger partial charge in [0.15, 0.2) is 0 Å². The van der Waals surface area contributed by atoms with Crippen LogP contribution in [0.1, 0.15) is 11.6 Å². The van der Waals surface area contributed by atoms with E-state index in [-0.39, 0.29) is 0 Å². The lowest BCUT2D eigenvalue weighted by atomic mass is 10.2. The summed E-state index contributed by atoms with van der Waals surface area (Å²) < 4.78 is -1.61. The van der Waals surface area contributed by atoms with Gasteiger partial charge in [0.1, 0.15) is 0 Å². The molecule has 0 aliphatic heterocycles. The first-order chi connectivity index (χ1) is 6.05. The Hall–Kier alpha value is -0.470. The van der Waals surface area contributed by atoms with Crippen molar-refractivity contribution in [2.45, 2.75) is 9.83 Å². The molecule has 6 heteroatoms. The minimum atomic E-state index is -1.61. The van der Waals surface area contributed by atoms with Crippen molar-refractivity contribution in [1.82, 2.24) is 0 Å². The van der Waals surface area contributed by atoms with E-state index in [0.717, 1.165) is 0 Å². The van der Waals surface area contributed by atoms with Gasteiger partial charge in [-0.1, -0.05) is 39.9 Å². The van der Waals surface area contributed by atoms with E-state index in [1.165, 1.54) is 0 Å². The third-order valence-electron chi connectivity index (χ3n) is 1.48. The molecule has 70 valence electrons. The summed E-state index contributed by atoms with van der Waals surface area (Å²) in [4.78, 5) is 2.63. The van der Waals surface area contributed by atoms with E-state index in [1.807, 2.05) is 0 Å². The maximum absolute atomic E-state index is 8.28. The maximum Gasteiger partial charge on any atom is 0.201 e. The van der Waals surface area contributed by atoms with E-state index in [1.54, 1.807) is 24.3 Å². The quantitative estimate of drug-likeness (QED) is 0.244. The molecule has 1 atom stereocenters. The topological polar surface area (TPSA) is 48.8 Å². The van der Waals surface area contributed by atoms with Gasteiger partial charge in [-0.05, 0) is 5.53 Å². The zero-order valence-electron chi connectivity index (χ0n) is 6.36. The summed E-state index contributed by atoms with van der Waals surface area (Å²) in [5.41, 5.74) is 8.97. The fourth-order valence-corrected chi connectivity index (χ4v) is 1.45. The monoisotopic (exact) mass is 236 g/mol. The lowest BCUT2D eigenvalue weighted by Crippen LogP contribution is -2.13. The van der Waals surface area contributed by atoms with Crippen molar-refractivity contribution in [3.63, 3.8) is 0 Å². The number of alkyl halides is 3. The Morgan fingerprint density at radius 2 is 2.23 bits per heavy atom. The summed E-state index contributed by atoms with van der Waals surface area (Å²) in [6.07, 6.45) is 0. The average molecular weight is 237 g/mol. The van der Waals surface area contributed by atoms with E-state index in [4.69, 9.17) is 40.3 Å². The second kappa shape index (κ2) is 4.16. The largest absolute Gasteiger partial charge is 0.213 e. The first kappa shape index (κ1) is 10.6. The van der Waals surface area contributed by atoms with E-state index in [0.29, 0.717) is 5.56 Å². The van der Waals surface area contributed by atoms with Gasteiger partial charge in [0.25, 0.3) is 0 Å². The molecule has 13 heavy (non-hydrogen) atoms. The average Bonchev–Trinajstić information content (AvgIpc) is 2.49. The zero-order chi connectivity index (χ0) is 9.90. The van der Waals surface area contributed by atoms with Crippen molar-refractivity contribution in [1.29, 1.82) is 0 Å². The van der Waals surface area contributed by atoms with Crippen LogP contribution in [-0.4, -0.2) is 3.79 Å². The van der Waals surface area contributed by atoms with Crippen LogP contribution in [0.2, 0.25) is 0 Å². The Morgan fingerprint density at radius 3 is 2.62 bits per heavy atom. The SMILES string of the molecule is [N-]=[N+]=NC(c1ccc[cH-]1)C(Cl)(Cl)Cl. The molecule has 0 N–H and O–H groups in total. The Bertz CT molecular complexity index is 308. The number of azide groups is 1. The Morgan fingerprint density at radius 1 is 1.54 bits per heavy atom. The highest BCUT2D eigenvalue weighted by molar-refractivity contribution is 6.68. The molecule has 0 saturated heterocycles. The van der Waals surface area contributed by atoms with Gasteiger partial charge in [-0.15, -0.1) is 0 Å². The van der Waals surface area contributed by atoms with Crippen LogP contribution in [-0.2, 0) is 0 Å². The Kier molecular flexibility index (Phi) is 3.40. The highest BCUT2D eigenvalue weighted by atomic mass is 35.6. The molecule has 0 aromatic heterocycles. The Labute approximate surface area is 90.2 Å². The summed E-state index contributed by atoms with van der Waals surface area (Å²) in [6, 6.07) is 6.26. The first-order valence-electron chi connectivity index (χ1n) is 3.38. The van der Waals surface area contributed by atoms with Crippen LogP contribution in [0.4, 0.5) is 0 Å². The summed E-state index contributed by atoms with van der Waals surface area (Å²) in [5.74, 6) is 0. The summed E-state index contributed by atoms with van der Waals surface area (Å²) in [7, 11) is 0. The molecule has 0 heterocycles. The van der Waals surface area contributed by atoms with Crippen LogP contribution in [0.15, 0.2) is 29.4 Å². The highest BCUT2D eigenvalue weighted by Crippen LogP contribution is 2.42. The van der Waals surface area contributed by atoms with Crippen molar-refractivity contribution in [2.75, 3.05) is 0 Å². The van der Waals surface area contributed by atoms with E-state index >= 15 is 0 Å². The van der Waals surface area contributed by atoms with Crippen LogP contribution >= 0.6 is 34.8 Å². The second-order valence-electron chi connectivity index (χ2n) is 2.37. The predicted octanol–water partition coefficient (Wildman–Crippen LogP) is 4.13. The van der Waals surface area contributed by atoms with Gasteiger partial charge in [-0.2, -0.15) is 17.7 Å². The molecular weight excluding hydrogens is 232 g/mol. The zero-order valence-corrected chi connectivity index (χ0v) is 8.63. The van der Waals surface area contributed by atoms with Crippen molar-refractivity contribution in [3.05, 3.63) is 40.3 Å². The number of nitrogens with zero attached hydrogens (tertiary/aromatic N) is 3. The molecule has 1 aromatic carbocycles. The lowest BCUT2D eigenvalue weighted by molar-refractivity contribution is 0.743. The van der Waals surface area contributed by atoms with Gasteiger partial charge in [0, 0.05) is 4.91 Å². The maximum atomic E-state index is 8.28. The van der Waals surface area contributed by atoms with Crippen molar-refractivity contribution in [3.8, 4) is 0 Å². The molecule has 0 amide bonds. The second-order valence-corrected chi connectivity index (χ2v) is 4.74. The van der Waals surface area contributed by atoms with Crippen molar-refractivity contribution < 1.29 is 0 Å². The van der Waals surface area contributed by atoms with Crippen LogP contribution < -0.4 is 0 Å². The summed E-state index contributed by atoms with van der Waals surface area (Å²) in [6.45, 7) is 0. The Balaban J connectivity index is 3.00.